The van der Waals surface area contributed by atoms with Gasteiger partial charge >= 0.3 is 0 Å². The summed E-state index contributed by atoms with van der Waals surface area (Å²) in [5.74, 6) is -1.00. The normalized spacial score (nSPS) is 12.5. The number of halogens is 1. The van der Waals surface area contributed by atoms with Gasteiger partial charge in [0.1, 0.15) is 5.15 Å². The zero-order chi connectivity index (χ0) is 27.0. The lowest BCUT2D eigenvalue weighted by Crippen LogP contribution is -2.16. The van der Waals surface area contributed by atoms with E-state index in [1.54, 1.807) is 35.0 Å². The number of benzene rings is 2. The molecule has 11 heteroatoms. The number of nitrogens with two attached hydrogens (primary N) is 1. The Morgan fingerprint density at radius 1 is 1.11 bits per heavy atom. The number of anilines is 1. The van der Waals surface area contributed by atoms with Crippen LogP contribution in [-0.4, -0.2) is 40.7 Å². The summed E-state index contributed by atoms with van der Waals surface area (Å²) in [6, 6.07) is 15.1. The van der Waals surface area contributed by atoms with E-state index in [9.17, 15) is 18.0 Å². The number of pyridine rings is 1. The molecule has 0 aliphatic heterocycles. The summed E-state index contributed by atoms with van der Waals surface area (Å²) in [6.07, 6.45) is 3.23. The zero-order valence-electron chi connectivity index (χ0n) is 20.4. The number of primary amides is 1. The number of fused-ring (bicyclic) bond motifs is 3. The van der Waals surface area contributed by atoms with Crippen LogP contribution in [0, 0.1) is 0 Å². The summed E-state index contributed by atoms with van der Waals surface area (Å²) in [7, 11) is -3.38. The van der Waals surface area contributed by atoms with Crippen molar-refractivity contribution in [2.45, 2.75) is 31.1 Å². The third kappa shape index (κ3) is 4.68. The van der Waals surface area contributed by atoms with Crippen molar-refractivity contribution in [1.29, 1.82) is 0 Å². The number of hydrogen-bond acceptors (Lipinski definition) is 6. The van der Waals surface area contributed by atoms with E-state index in [0.29, 0.717) is 41.9 Å². The van der Waals surface area contributed by atoms with Gasteiger partial charge in [-0.2, -0.15) is 5.10 Å². The average Bonchev–Trinajstić information content (AvgIpc) is 3.30. The number of carbonyl (C=O) groups is 2. The van der Waals surface area contributed by atoms with Crippen molar-refractivity contribution < 1.29 is 18.0 Å². The second-order valence-corrected chi connectivity index (χ2v) is 11.4. The molecule has 38 heavy (non-hydrogen) atoms. The number of hydrogen-bond donors (Lipinski definition) is 2. The maximum atomic E-state index is 12.8. The van der Waals surface area contributed by atoms with Crippen molar-refractivity contribution in [2.24, 2.45) is 5.73 Å². The van der Waals surface area contributed by atoms with Gasteiger partial charge in [-0.15, -0.1) is 0 Å². The molecule has 5 rings (SSSR count). The van der Waals surface area contributed by atoms with E-state index in [1.807, 2.05) is 19.1 Å². The van der Waals surface area contributed by atoms with Crippen LogP contribution in [0.25, 0.3) is 16.9 Å². The van der Waals surface area contributed by atoms with Crippen LogP contribution < -0.4 is 11.1 Å². The van der Waals surface area contributed by atoms with Gasteiger partial charge < -0.3 is 11.1 Å². The van der Waals surface area contributed by atoms with Crippen LogP contribution in [0.2, 0.25) is 5.15 Å². The van der Waals surface area contributed by atoms with E-state index in [0.717, 1.165) is 11.1 Å². The number of aromatic nitrogens is 3. The minimum Gasteiger partial charge on any atom is -0.364 e. The van der Waals surface area contributed by atoms with Crippen molar-refractivity contribution >= 4 is 38.9 Å². The maximum absolute atomic E-state index is 12.8. The lowest BCUT2D eigenvalue weighted by atomic mass is 9.88. The molecule has 0 bridgehead atoms. The van der Waals surface area contributed by atoms with Gasteiger partial charge in [-0.25, -0.2) is 18.1 Å². The van der Waals surface area contributed by atoms with Crippen LogP contribution in [0.1, 0.15) is 45.3 Å². The molecular formula is C27H24ClN5O4S. The van der Waals surface area contributed by atoms with Crippen LogP contribution in [-0.2, 0) is 22.7 Å². The molecule has 2 aromatic carbocycles. The number of rotatable bonds is 7. The molecule has 9 nitrogen and oxygen atoms in total. The van der Waals surface area contributed by atoms with Crippen LogP contribution in [0.3, 0.4) is 0 Å². The molecule has 0 spiro atoms. The molecule has 0 atom stereocenters. The Hall–Kier alpha value is -4.02. The van der Waals surface area contributed by atoms with Crippen LogP contribution in [0.4, 0.5) is 5.69 Å². The van der Waals surface area contributed by atoms with Gasteiger partial charge in [0.15, 0.2) is 15.5 Å². The largest absolute Gasteiger partial charge is 0.364 e. The lowest BCUT2D eigenvalue weighted by molar-refractivity contribution is 0.0992. The van der Waals surface area contributed by atoms with Crippen molar-refractivity contribution in [1.82, 2.24) is 14.8 Å². The highest BCUT2D eigenvalue weighted by molar-refractivity contribution is 7.91. The molecule has 0 fully saturated rings. The predicted octanol–water partition coefficient (Wildman–Crippen LogP) is 4.22. The van der Waals surface area contributed by atoms with E-state index in [4.69, 9.17) is 17.3 Å². The molecule has 1 aliphatic carbocycles. The average molecular weight is 550 g/mol. The first-order valence-corrected chi connectivity index (χ1v) is 14.0. The Balaban J connectivity index is 1.58. The number of nitrogens with one attached hydrogen (secondary N) is 1. The van der Waals surface area contributed by atoms with Gasteiger partial charge in [-0.05, 0) is 73.4 Å². The quantitative estimate of drug-likeness (QED) is 0.331. The Kier molecular flexibility index (Phi) is 6.77. The fourth-order valence-corrected chi connectivity index (χ4v) is 6.17. The third-order valence-electron chi connectivity index (χ3n) is 6.40. The predicted molar refractivity (Wildman–Crippen MR) is 144 cm³/mol. The second-order valence-electron chi connectivity index (χ2n) is 8.93. The fraction of sp³-hybridized carbons (Fsp3) is 0.185. The molecule has 4 aromatic rings. The lowest BCUT2D eigenvalue weighted by Gasteiger charge is -2.20. The number of aryl methyl sites for hydroxylation is 1. The Morgan fingerprint density at radius 3 is 2.55 bits per heavy atom. The highest BCUT2D eigenvalue weighted by atomic mass is 35.5. The summed E-state index contributed by atoms with van der Waals surface area (Å²) < 4.78 is 26.6. The number of nitrogens with zero attached hydrogens (tertiary/aromatic N) is 3. The first-order chi connectivity index (χ1) is 18.2. The first-order valence-electron chi connectivity index (χ1n) is 12.0. The van der Waals surface area contributed by atoms with Crippen LogP contribution in [0.15, 0.2) is 65.7 Å². The standard InChI is InChI=1S/C27H24ClN5O4S/c1-2-14-38(36,37)19-10-8-18(9-11-19)33-24-20(23(32-33)26(29)34)12-6-16-5-7-17(15-22(16)24)31-27(35)21-4-3-13-30-25(21)28/h3-5,7-11,13,15H,2,6,12,14H2,1H3,(H2,29,34)(H,31,35). The van der Waals surface area contributed by atoms with Gasteiger partial charge in [-0.1, -0.05) is 24.6 Å². The maximum Gasteiger partial charge on any atom is 0.269 e. The van der Waals surface area contributed by atoms with E-state index < -0.39 is 21.7 Å². The van der Waals surface area contributed by atoms with Gasteiger partial charge in [0.25, 0.3) is 11.8 Å². The summed E-state index contributed by atoms with van der Waals surface area (Å²) >= 11 is 6.08. The monoisotopic (exact) mass is 549 g/mol. The summed E-state index contributed by atoms with van der Waals surface area (Å²) in [5, 5.41) is 7.47. The van der Waals surface area contributed by atoms with Crippen molar-refractivity contribution in [3.8, 4) is 16.9 Å². The summed E-state index contributed by atoms with van der Waals surface area (Å²) in [5.41, 5.74) is 10.3. The molecule has 2 aromatic heterocycles. The molecule has 2 heterocycles. The van der Waals surface area contributed by atoms with Crippen molar-refractivity contribution in [3.63, 3.8) is 0 Å². The molecule has 3 N–H and O–H groups in total. The zero-order valence-corrected chi connectivity index (χ0v) is 22.0. The third-order valence-corrected chi connectivity index (χ3v) is 8.64. The van der Waals surface area contributed by atoms with E-state index in [1.165, 1.54) is 18.3 Å². The number of sulfone groups is 1. The number of amides is 2. The van der Waals surface area contributed by atoms with E-state index in [-0.39, 0.29) is 27.1 Å². The molecule has 0 radical (unpaired) electrons. The van der Waals surface area contributed by atoms with Gasteiger partial charge in [-0.3, -0.25) is 9.59 Å². The van der Waals surface area contributed by atoms with Crippen LogP contribution >= 0.6 is 11.6 Å². The molecule has 2 amide bonds. The molecule has 1 aliphatic rings. The van der Waals surface area contributed by atoms with Gasteiger partial charge in [0.05, 0.1) is 27.6 Å². The summed E-state index contributed by atoms with van der Waals surface area (Å²) in [6.45, 7) is 1.81. The highest BCUT2D eigenvalue weighted by Crippen LogP contribution is 2.38. The van der Waals surface area contributed by atoms with Gasteiger partial charge in [0, 0.05) is 23.0 Å². The van der Waals surface area contributed by atoms with Gasteiger partial charge in [0.2, 0.25) is 0 Å². The Labute approximate surface area is 224 Å². The fourth-order valence-electron chi connectivity index (χ4n) is 4.64. The SMILES string of the molecule is CCCS(=O)(=O)c1ccc(-n2nc(C(N)=O)c3c2-c2cc(NC(=O)c4cccnc4Cl)ccc2CC3)cc1. The minimum absolute atomic E-state index is 0.0570. The first kappa shape index (κ1) is 25.6. The molecule has 194 valence electrons. The smallest absolute Gasteiger partial charge is 0.269 e. The van der Waals surface area contributed by atoms with Crippen molar-refractivity contribution in [3.05, 3.63) is 88.3 Å². The van der Waals surface area contributed by atoms with E-state index in [2.05, 4.69) is 15.4 Å². The van der Waals surface area contributed by atoms with Crippen molar-refractivity contribution in [2.75, 3.05) is 11.1 Å². The molecular weight excluding hydrogens is 526 g/mol. The Bertz CT molecular complexity index is 1680. The molecule has 0 saturated heterocycles. The highest BCUT2D eigenvalue weighted by Gasteiger charge is 2.28. The molecule has 0 unspecified atom stereocenters. The summed E-state index contributed by atoms with van der Waals surface area (Å²) in [4.78, 5) is 29.3. The topological polar surface area (TPSA) is 137 Å². The molecule has 0 saturated carbocycles. The van der Waals surface area contributed by atoms with Crippen LogP contribution in [0.5, 0.6) is 0 Å². The minimum atomic E-state index is -3.38. The second kappa shape index (κ2) is 10.0. The Morgan fingerprint density at radius 2 is 1.87 bits per heavy atom. The number of carbonyl (C=O) groups excluding carboxylic acids is 2. The van der Waals surface area contributed by atoms with E-state index >= 15 is 0 Å².